The lowest BCUT2D eigenvalue weighted by atomic mass is 10.0. The van der Waals surface area contributed by atoms with E-state index in [0.29, 0.717) is 18.2 Å². The molecule has 4 rings (SSSR count). The van der Waals surface area contributed by atoms with Crippen LogP contribution in [0.3, 0.4) is 0 Å². The number of hydrogen-bond acceptors (Lipinski definition) is 8. The molecule has 1 amide bonds. The van der Waals surface area contributed by atoms with Crippen molar-refractivity contribution in [1.82, 2.24) is 24.5 Å². The fourth-order valence-corrected chi connectivity index (χ4v) is 3.62. The van der Waals surface area contributed by atoms with Crippen LogP contribution in [0.15, 0.2) is 58.4 Å². The fraction of sp³-hybridized carbons (Fsp3) is 0.261. The van der Waals surface area contributed by atoms with Gasteiger partial charge in [-0.1, -0.05) is 29.4 Å². The molecule has 11 heteroatoms. The number of carbonyl (C=O) groups excluding carboxylic acids is 1. The Bertz CT molecular complexity index is 1360. The molecule has 1 N–H and O–H groups in total. The van der Waals surface area contributed by atoms with Gasteiger partial charge in [-0.05, 0) is 18.1 Å². The van der Waals surface area contributed by atoms with Gasteiger partial charge in [-0.3, -0.25) is 18.8 Å². The van der Waals surface area contributed by atoms with Crippen molar-refractivity contribution in [2.24, 2.45) is 14.1 Å². The SMILES string of the molecule is CCOc1c(C(=O)Nc2cnoc2)nc(N(C)Cc2ccccc2-c2cnn(C)c2)n(C)c1=O. The van der Waals surface area contributed by atoms with Crippen LogP contribution in [0.4, 0.5) is 11.6 Å². The van der Waals surface area contributed by atoms with Gasteiger partial charge in [-0.15, -0.1) is 0 Å². The average molecular weight is 463 g/mol. The van der Waals surface area contributed by atoms with Crippen molar-refractivity contribution in [2.75, 3.05) is 23.9 Å². The summed E-state index contributed by atoms with van der Waals surface area (Å²) in [5.74, 6) is -0.411. The Labute approximate surface area is 195 Å². The molecule has 11 nitrogen and oxygen atoms in total. The Hall–Kier alpha value is -4.41. The predicted molar refractivity (Wildman–Crippen MR) is 126 cm³/mol. The Kier molecular flexibility index (Phi) is 6.44. The van der Waals surface area contributed by atoms with Gasteiger partial charge >= 0.3 is 0 Å². The number of aryl methyl sites for hydroxylation is 1. The summed E-state index contributed by atoms with van der Waals surface area (Å²) < 4.78 is 13.4. The third kappa shape index (κ3) is 4.53. The number of aromatic nitrogens is 5. The maximum absolute atomic E-state index is 13.1. The number of hydrogen-bond donors (Lipinski definition) is 1. The van der Waals surface area contributed by atoms with Crippen LogP contribution in [-0.2, 0) is 20.6 Å². The third-order valence-corrected chi connectivity index (χ3v) is 5.20. The zero-order valence-corrected chi connectivity index (χ0v) is 19.3. The lowest BCUT2D eigenvalue weighted by Crippen LogP contribution is -2.32. The van der Waals surface area contributed by atoms with Crippen LogP contribution in [-0.4, -0.2) is 44.0 Å². The molecule has 0 saturated heterocycles. The Morgan fingerprint density at radius 3 is 2.71 bits per heavy atom. The normalized spacial score (nSPS) is 10.8. The molecule has 34 heavy (non-hydrogen) atoms. The second-order valence-electron chi connectivity index (χ2n) is 7.67. The van der Waals surface area contributed by atoms with Gasteiger partial charge in [0.1, 0.15) is 12.0 Å². The number of amides is 1. The molecule has 0 aliphatic rings. The van der Waals surface area contributed by atoms with Gasteiger partial charge in [0.2, 0.25) is 11.7 Å². The van der Waals surface area contributed by atoms with Crippen molar-refractivity contribution in [3.8, 4) is 16.9 Å². The van der Waals surface area contributed by atoms with Crippen LogP contribution < -0.4 is 20.5 Å². The molecular formula is C23H25N7O4. The van der Waals surface area contributed by atoms with E-state index >= 15 is 0 Å². The van der Waals surface area contributed by atoms with E-state index in [9.17, 15) is 9.59 Å². The Morgan fingerprint density at radius 1 is 1.24 bits per heavy atom. The highest BCUT2D eigenvalue weighted by atomic mass is 16.5. The highest BCUT2D eigenvalue weighted by molar-refractivity contribution is 6.04. The molecule has 0 saturated carbocycles. The summed E-state index contributed by atoms with van der Waals surface area (Å²) in [5.41, 5.74) is 2.77. The first kappa shape index (κ1) is 22.8. The van der Waals surface area contributed by atoms with Crippen molar-refractivity contribution >= 4 is 17.5 Å². The van der Waals surface area contributed by atoms with Crippen LogP contribution in [0.25, 0.3) is 11.1 Å². The predicted octanol–water partition coefficient (Wildman–Crippen LogP) is 2.46. The number of anilines is 2. The number of carbonyl (C=O) groups is 1. The van der Waals surface area contributed by atoms with Crippen molar-refractivity contribution < 1.29 is 14.1 Å². The molecule has 1 aromatic carbocycles. The largest absolute Gasteiger partial charge is 0.486 e. The van der Waals surface area contributed by atoms with E-state index < -0.39 is 11.5 Å². The highest BCUT2D eigenvalue weighted by Gasteiger charge is 2.24. The minimum Gasteiger partial charge on any atom is -0.486 e. The molecular weight excluding hydrogens is 438 g/mol. The lowest BCUT2D eigenvalue weighted by Gasteiger charge is -2.23. The summed E-state index contributed by atoms with van der Waals surface area (Å²) >= 11 is 0. The van der Waals surface area contributed by atoms with Crippen molar-refractivity contribution in [3.05, 3.63) is 70.7 Å². The van der Waals surface area contributed by atoms with Gasteiger partial charge in [0, 0.05) is 39.4 Å². The van der Waals surface area contributed by atoms with Crippen LogP contribution in [0, 0.1) is 0 Å². The third-order valence-electron chi connectivity index (χ3n) is 5.20. The van der Waals surface area contributed by atoms with E-state index in [4.69, 9.17) is 9.26 Å². The van der Waals surface area contributed by atoms with Gasteiger partial charge in [-0.25, -0.2) is 4.98 Å². The molecule has 0 aliphatic heterocycles. The van der Waals surface area contributed by atoms with Crippen LogP contribution in [0.2, 0.25) is 0 Å². The molecule has 0 atom stereocenters. The second kappa shape index (κ2) is 9.61. The van der Waals surface area contributed by atoms with Crippen LogP contribution >= 0.6 is 0 Å². The summed E-state index contributed by atoms with van der Waals surface area (Å²) in [6.07, 6.45) is 6.37. The van der Waals surface area contributed by atoms with E-state index in [0.717, 1.165) is 16.7 Å². The first-order valence-corrected chi connectivity index (χ1v) is 10.6. The Morgan fingerprint density at radius 2 is 2.03 bits per heavy atom. The number of nitrogens with one attached hydrogen (secondary N) is 1. The summed E-state index contributed by atoms with van der Waals surface area (Å²) in [5, 5.41) is 10.4. The number of rotatable bonds is 8. The monoisotopic (exact) mass is 463 g/mol. The molecule has 0 aliphatic carbocycles. The van der Waals surface area contributed by atoms with Gasteiger partial charge in [-0.2, -0.15) is 5.10 Å². The zero-order chi connectivity index (χ0) is 24.2. The van der Waals surface area contributed by atoms with Crippen LogP contribution in [0.1, 0.15) is 23.0 Å². The number of ether oxygens (including phenoxy) is 1. The van der Waals surface area contributed by atoms with E-state index in [1.165, 1.54) is 17.0 Å². The summed E-state index contributed by atoms with van der Waals surface area (Å²) in [6, 6.07) is 7.93. The smallest absolute Gasteiger partial charge is 0.297 e. The van der Waals surface area contributed by atoms with Crippen molar-refractivity contribution in [2.45, 2.75) is 13.5 Å². The first-order valence-electron chi connectivity index (χ1n) is 10.6. The van der Waals surface area contributed by atoms with Crippen LogP contribution in [0.5, 0.6) is 5.75 Å². The van der Waals surface area contributed by atoms with Crippen molar-refractivity contribution in [1.29, 1.82) is 0 Å². The minimum absolute atomic E-state index is 0.117. The van der Waals surface area contributed by atoms with Gasteiger partial charge < -0.3 is 19.5 Å². The van der Waals surface area contributed by atoms with E-state index in [1.54, 1.807) is 24.9 Å². The van der Waals surface area contributed by atoms with Gasteiger partial charge in [0.25, 0.3) is 11.5 Å². The second-order valence-corrected chi connectivity index (χ2v) is 7.67. The molecule has 4 aromatic rings. The molecule has 0 bridgehead atoms. The van der Waals surface area contributed by atoms with E-state index in [2.05, 4.69) is 20.6 Å². The lowest BCUT2D eigenvalue weighted by molar-refractivity contribution is 0.101. The number of nitrogens with zero attached hydrogens (tertiary/aromatic N) is 6. The van der Waals surface area contributed by atoms with E-state index in [-0.39, 0.29) is 18.1 Å². The molecule has 3 heterocycles. The molecule has 0 radical (unpaired) electrons. The number of benzene rings is 1. The molecule has 0 spiro atoms. The van der Waals surface area contributed by atoms with E-state index in [1.807, 2.05) is 49.5 Å². The summed E-state index contributed by atoms with van der Waals surface area (Å²) in [4.78, 5) is 32.4. The standard InChI is InChI=1S/C23H25N7O4/c1-5-33-20-19(21(31)26-17-11-25-34-14-17)27-23(30(4)22(20)32)28(2)12-15-8-6-7-9-18(15)16-10-24-29(3)13-16/h6-11,13-14H,5,12H2,1-4H3,(H,26,31). The maximum atomic E-state index is 13.1. The fourth-order valence-electron chi connectivity index (χ4n) is 3.62. The topological polar surface area (TPSA) is 120 Å². The summed E-state index contributed by atoms with van der Waals surface area (Å²) in [6.45, 7) is 2.38. The summed E-state index contributed by atoms with van der Waals surface area (Å²) in [7, 11) is 5.27. The molecule has 176 valence electrons. The van der Waals surface area contributed by atoms with Gasteiger partial charge in [0.15, 0.2) is 5.69 Å². The first-order chi connectivity index (χ1) is 16.4. The zero-order valence-electron chi connectivity index (χ0n) is 19.3. The highest BCUT2D eigenvalue weighted by Crippen LogP contribution is 2.26. The average Bonchev–Trinajstić information content (AvgIpc) is 3.49. The Balaban J connectivity index is 1.71. The van der Waals surface area contributed by atoms with Crippen molar-refractivity contribution in [3.63, 3.8) is 0 Å². The quantitative estimate of drug-likeness (QED) is 0.423. The minimum atomic E-state index is -0.602. The molecule has 3 aromatic heterocycles. The molecule has 0 unspecified atom stereocenters. The van der Waals surface area contributed by atoms with Gasteiger partial charge in [0.05, 0.1) is 19.0 Å². The maximum Gasteiger partial charge on any atom is 0.297 e. The molecule has 0 fully saturated rings.